The maximum absolute atomic E-state index is 12.8. The maximum atomic E-state index is 12.8. The van der Waals surface area contributed by atoms with E-state index in [0.717, 1.165) is 20.8 Å². The van der Waals surface area contributed by atoms with Crippen molar-refractivity contribution in [2.45, 2.75) is 40.3 Å². The molecule has 0 radical (unpaired) electrons. The molecule has 0 unspecified atom stereocenters. The number of rotatable bonds is 6. The summed E-state index contributed by atoms with van der Waals surface area (Å²) < 4.78 is 3.26. The summed E-state index contributed by atoms with van der Waals surface area (Å²) in [5, 5.41) is 7.86. The summed E-state index contributed by atoms with van der Waals surface area (Å²) >= 11 is 1.52. The number of carbonyl (C=O) groups excluding carboxylic acids is 1. The monoisotopic (exact) mass is 421 g/mol. The Bertz CT molecular complexity index is 1280. The molecule has 0 saturated carbocycles. The quantitative estimate of drug-likeness (QED) is 0.515. The van der Waals surface area contributed by atoms with E-state index in [4.69, 9.17) is 0 Å². The molecule has 30 heavy (non-hydrogen) atoms. The van der Waals surface area contributed by atoms with Gasteiger partial charge in [0.15, 0.2) is 0 Å². The van der Waals surface area contributed by atoms with Crippen molar-refractivity contribution >= 4 is 33.3 Å². The van der Waals surface area contributed by atoms with Crippen LogP contribution in [0.5, 0.6) is 0 Å². The largest absolute Gasteiger partial charge is 0.311 e. The Morgan fingerprint density at radius 2 is 2.03 bits per heavy atom. The number of amides is 1. The number of hydrogen-bond donors (Lipinski definition) is 1. The van der Waals surface area contributed by atoms with Crippen LogP contribution in [0, 0.1) is 20.8 Å². The van der Waals surface area contributed by atoms with E-state index in [1.54, 1.807) is 16.9 Å². The standard InChI is InChI=1S/C22H23N5O2S/c1-14-5-4-6-17(11-14)12-27-18(7-9-24-27)25-19(28)8-10-26-13-23-21-20(22(26)29)15(2)16(3)30-21/h4-7,9,11,13H,8,10,12H2,1-3H3,(H,25,28). The maximum Gasteiger partial charge on any atom is 0.262 e. The third-order valence-corrected chi connectivity index (χ3v) is 6.25. The molecule has 4 rings (SSSR count). The molecule has 1 N–H and O–H groups in total. The predicted octanol–water partition coefficient (Wildman–Crippen LogP) is 3.66. The molecule has 0 bridgehead atoms. The molecule has 3 heterocycles. The Hall–Kier alpha value is -3.26. The van der Waals surface area contributed by atoms with E-state index < -0.39 is 0 Å². The van der Waals surface area contributed by atoms with Crippen molar-refractivity contribution in [1.82, 2.24) is 19.3 Å². The van der Waals surface area contributed by atoms with Gasteiger partial charge >= 0.3 is 0 Å². The van der Waals surface area contributed by atoms with Crippen LogP contribution in [0.4, 0.5) is 5.82 Å². The van der Waals surface area contributed by atoms with Crippen LogP contribution in [0.3, 0.4) is 0 Å². The van der Waals surface area contributed by atoms with Gasteiger partial charge in [0.25, 0.3) is 5.56 Å². The summed E-state index contributed by atoms with van der Waals surface area (Å²) in [6.45, 7) is 6.81. The number of fused-ring (bicyclic) bond motifs is 1. The molecule has 0 saturated heterocycles. The van der Waals surface area contributed by atoms with E-state index in [1.807, 2.05) is 39.0 Å². The van der Waals surface area contributed by atoms with E-state index in [1.165, 1.54) is 27.8 Å². The van der Waals surface area contributed by atoms with Crippen LogP contribution < -0.4 is 10.9 Å². The zero-order valence-electron chi connectivity index (χ0n) is 17.2. The number of benzene rings is 1. The van der Waals surface area contributed by atoms with Gasteiger partial charge < -0.3 is 5.32 Å². The van der Waals surface area contributed by atoms with Gasteiger partial charge in [-0.2, -0.15) is 5.10 Å². The van der Waals surface area contributed by atoms with Crippen LogP contribution in [0.2, 0.25) is 0 Å². The fraction of sp³-hybridized carbons (Fsp3) is 0.273. The lowest BCUT2D eigenvalue weighted by Gasteiger charge is -2.10. The molecule has 154 valence electrons. The molecular formula is C22H23N5O2S. The van der Waals surface area contributed by atoms with Crippen molar-refractivity contribution in [2.75, 3.05) is 5.32 Å². The number of anilines is 1. The van der Waals surface area contributed by atoms with Gasteiger partial charge in [-0.15, -0.1) is 11.3 Å². The Morgan fingerprint density at radius 1 is 1.20 bits per heavy atom. The fourth-order valence-electron chi connectivity index (χ4n) is 3.40. The van der Waals surface area contributed by atoms with E-state index in [-0.39, 0.29) is 24.4 Å². The Balaban J connectivity index is 1.43. The summed E-state index contributed by atoms with van der Waals surface area (Å²) in [5.74, 6) is 0.456. The van der Waals surface area contributed by atoms with Gasteiger partial charge in [-0.1, -0.05) is 29.8 Å². The van der Waals surface area contributed by atoms with Crippen molar-refractivity contribution in [3.8, 4) is 0 Å². The van der Waals surface area contributed by atoms with Crippen LogP contribution in [-0.4, -0.2) is 25.2 Å². The predicted molar refractivity (Wildman–Crippen MR) is 119 cm³/mol. The summed E-state index contributed by atoms with van der Waals surface area (Å²) in [4.78, 5) is 31.5. The lowest BCUT2D eigenvalue weighted by atomic mass is 10.1. The number of nitrogens with zero attached hydrogens (tertiary/aromatic N) is 4. The number of nitrogens with one attached hydrogen (secondary N) is 1. The van der Waals surface area contributed by atoms with Gasteiger partial charge in [-0.3, -0.25) is 14.2 Å². The number of aryl methyl sites for hydroxylation is 4. The number of thiophene rings is 1. The summed E-state index contributed by atoms with van der Waals surface area (Å²) in [6.07, 6.45) is 3.36. The molecule has 1 amide bonds. The summed E-state index contributed by atoms with van der Waals surface area (Å²) in [6, 6.07) is 9.94. The van der Waals surface area contributed by atoms with E-state index in [9.17, 15) is 9.59 Å². The third kappa shape index (κ3) is 4.04. The second kappa shape index (κ2) is 8.23. The minimum Gasteiger partial charge on any atom is -0.311 e. The van der Waals surface area contributed by atoms with Crippen molar-refractivity contribution in [2.24, 2.45) is 0 Å². The average molecular weight is 422 g/mol. The second-order valence-electron chi connectivity index (χ2n) is 7.37. The zero-order chi connectivity index (χ0) is 21.3. The lowest BCUT2D eigenvalue weighted by Crippen LogP contribution is -2.24. The SMILES string of the molecule is Cc1cccc(Cn2nccc2NC(=O)CCn2cnc3sc(C)c(C)c3c2=O)c1. The molecule has 0 spiro atoms. The van der Waals surface area contributed by atoms with Crippen LogP contribution in [-0.2, 0) is 17.9 Å². The summed E-state index contributed by atoms with van der Waals surface area (Å²) in [7, 11) is 0. The van der Waals surface area contributed by atoms with Crippen molar-refractivity contribution in [3.63, 3.8) is 0 Å². The number of aromatic nitrogens is 4. The third-order valence-electron chi connectivity index (χ3n) is 5.13. The molecule has 3 aromatic heterocycles. The first-order valence-corrected chi connectivity index (χ1v) is 10.6. The molecule has 4 aromatic rings. The Kier molecular flexibility index (Phi) is 5.50. The van der Waals surface area contributed by atoms with Gasteiger partial charge in [-0.25, -0.2) is 9.67 Å². The van der Waals surface area contributed by atoms with Crippen LogP contribution >= 0.6 is 11.3 Å². The number of hydrogen-bond acceptors (Lipinski definition) is 5. The molecule has 0 aliphatic heterocycles. The molecule has 0 aliphatic carbocycles. The second-order valence-corrected chi connectivity index (χ2v) is 8.57. The van der Waals surface area contributed by atoms with Gasteiger partial charge in [0.05, 0.1) is 24.5 Å². The molecule has 1 aromatic carbocycles. The van der Waals surface area contributed by atoms with Gasteiger partial charge in [0, 0.05) is 23.9 Å². The average Bonchev–Trinajstić information content (AvgIpc) is 3.25. The van der Waals surface area contributed by atoms with Crippen molar-refractivity contribution < 1.29 is 4.79 Å². The Morgan fingerprint density at radius 3 is 2.83 bits per heavy atom. The minimum absolute atomic E-state index is 0.0980. The first-order valence-electron chi connectivity index (χ1n) is 9.74. The molecule has 8 heteroatoms. The smallest absolute Gasteiger partial charge is 0.262 e. The lowest BCUT2D eigenvalue weighted by molar-refractivity contribution is -0.116. The van der Waals surface area contributed by atoms with Crippen LogP contribution in [0.15, 0.2) is 47.7 Å². The highest BCUT2D eigenvalue weighted by Crippen LogP contribution is 2.25. The van der Waals surface area contributed by atoms with Crippen molar-refractivity contribution in [1.29, 1.82) is 0 Å². The topological polar surface area (TPSA) is 81.8 Å². The highest BCUT2D eigenvalue weighted by Gasteiger charge is 2.13. The molecular weight excluding hydrogens is 398 g/mol. The first kappa shape index (κ1) is 20.0. The molecule has 0 fully saturated rings. The zero-order valence-corrected chi connectivity index (χ0v) is 18.0. The molecule has 7 nitrogen and oxygen atoms in total. The normalized spacial score (nSPS) is 11.2. The first-order chi connectivity index (χ1) is 14.4. The Labute approximate surface area is 178 Å². The van der Waals surface area contributed by atoms with E-state index in [2.05, 4.69) is 21.5 Å². The number of carbonyl (C=O) groups is 1. The van der Waals surface area contributed by atoms with Crippen molar-refractivity contribution in [3.05, 3.63) is 74.8 Å². The fourth-order valence-corrected chi connectivity index (χ4v) is 4.39. The molecule has 0 aliphatic rings. The van der Waals surface area contributed by atoms with Gasteiger partial charge in [-0.05, 0) is 31.9 Å². The van der Waals surface area contributed by atoms with E-state index in [0.29, 0.717) is 17.7 Å². The van der Waals surface area contributed by atoms with Crippen LogP contribution in [0.1, 0.15) is 28.0 Å². The highest BCUT2D eigenvalue weighted by atomic mass is 32.1. The molecule has 0 atom stereocenters. The van der Waals surface area contributed by atoms with E-state index >= 15 is 0 Å². The van der Waals surface area contributed by atoms with Crippen LogP contribution in [0.25, 0.3) is 10.2 Å². The summed E-state index contributed by atoms with van der Waals surface area (Å²) in [5.41, 5.74) is 3.16. The minimum atomic E-state index is -0.175. The van der Waals surface area contributed by atoms with Gasteiger partial charge in [0.1, 0.15) is 10.6 Å². The highest BCUT2D eigenvalue weighted by molar-refractivity contribution is 7.18. The van der Waals surface area contributed by atoms with Gasteiger partial charge in [0.2, 0.25) is 5.91 Å².